The van der Waals surface area contributed by atoms with Crippen molar-refractivity contribution in [3.05, 3.63) is 0 Å². The summed E-state index contributed by atoms with van der Waals surface area (Å²) < 4.78 is 38.1. The summed E-state index contributed by atoms with van der Waals surface area (Å²) in [7, 11) is 0. The fourth-order valence-corrected chi connectivity index (χ4v) is 1.64. The average Bonchev–Trinajstić information content (AvgIpc) is 2.20. The highest BCUT2D eigenvalue weighted by Gasteiger charge is 2.41. The van der Waals surface area contributed by atoms with Crippen LogP contribution in [0.25, 0.3) is 0 Å². The van der Waals surface area contributed by atoms with E-state index in [-0.39, 0.29) is 6.54 Å². The summed E-state index contributed by atoms with van der Waals surface area (Å²) in [6, 6.07) is -1.48. The molecule has 0 saturated heterocycles. The van der Waals surface area contributed by atoms with Crippen molar-refractivity contribution in [2.24, 2.45) is 5.73 Å². The minimum absolute atomic E-state index is 0.350. The van der Waals surface area contributed by atoms with Crippen molar-refractivity contribution in [2.75, 3.05) is 19.6 Å². The number of unbranched alkanes of at least 4 members (excludes halogenated alkanes) is 2. The Bertz CT molecular complexity index is 163. The Morgan fingerprint density at radius 2 is 1.50 bits per heavy atom. The molecule has 0 bridgehead atoms. The first-order valence-corrected chi connectivity index (χ1v) is 5.98. The molecule has 2 nitrogen and oxygen atoms in total. The molecule has 0 fully saturated rings. The first kappa shape index (κ1) is 15.7. The highest BCUT2D eigenvalue weighted by Crippen LogP contribution is 2.24. The Hall–Kier alpha value is -0.290. The van der Waals surface area contributed by atoms with Gasteiger partial charge in [-0.2, -0.15) is 13.2 Å². The summed E-state index contributed by atoms with van der Waals surface area (Å²) >= 11 is 0. The van der Waals surface area contributed by atoms with Crippen LogP contribution in [0.4, 0.5) is 13.2 Å². The SMILES string of the molecule is CCCCN(CCCC)C(CN)C(F)(F)F. The number of hydrogen-bond acceptors (Lipinski definition) is 2. The Kier molecular flexibility index (Phi) is 7.76. The molecule has 16 heavy (non-hydrogen) atoms. The quantitative estimate of drug-likeness (QED) is 0.707. The lowest BCUT2D eigenvalue weighted by molar-refractivity contribution is -0.181. The predicted molar refractivity (Wildman–Crippen MR) is 60.3 cm³/mol. The van der Waals surface area contributed by atoms with Gasteiger partial charge < -0.3 is 5.73 Å². The summed E-state index contributed by atoms with van der Waals surface area (Å²) in [4.78, 5) is 1.48. The smallest absolute Gasteiger partial charge is 0.329 e. The summed E-state index contributed by atoms with van der Waals surface area (Å²) in [6.45, 7) is 4.57. The standard InChI is InChI=1S/C11H23F3N2/c1-3-5-7-16(8-6-4-2)10(9-15)11(12,13)14/h10H,3-9,15H2,1-2H3. The maximum Gasteiger partial charge on any atom is 0.405 e. The van der Waals surface area contributed by atoms with E-state index in [0.29, 0.717) is 13.1 Å². The summed E-state index contributed by atoms with van der Waals surface area (Å²) in [5, 5.41) is 0. The maximum atomic E-state index is 12.7. The van der Waals surface area contributed by atoms with E-state index in [1.165, 1.54) is 4.90 Å². The molecule has 98 valence electrons. The maximum absolute atomic E-state index is 12.7. The van der Waals surface area contributed by atoms with E-state index in [2.05, 4.69) is 0 Å². The molecule has 0 amide bonds. The van der Waals surface area contributed by atoms with E-state index in [9.17, 15) is 13.2 Å². The van der Waals surface area contributed by atoms with Gasteiger partial charge >= 0.3 is 6.18 Å². The van der Waals surface area contributed by atoms with Gasteiger partial charge in [0.1, 0.15) is 6.04 Å². The van der Waals surface area contributed by atoms with Gasteiger partial charge in [-0.15, -0.1) is 0 Å². The van der Waals surface area contributed by atoms with Gasteiger partial charge in [-0.3, -0.25) is 4.90 Å². The summed E-state index contributed by atoms with van der Waals surface area (Å²) in [5.41, 5.74) is 5.24. The van der Waals surface area contributed by atoms with Crippen molar-refractivity contribution in [3.63, 3.8) is 0 Å². The Morgan fingerprint density at radius 1 is 1.06 bits per heavy atom. The molecule has 0 radical (unpaired) electrons. The Labute approximate surface area is 96.0 Å². The molecule has 0 aromatic rings. The zero-order valence-corrected chi connectivity index (χ0v) is 10.2. The molecule has 1 unspecified atom stereocenters. The topological polar surface area (TPSA) is 29.3 Å². The van der Waals surface area contributed by atoms with Crippen LogP contribution in [0.15, 0.2) is 0 Å². The number of hydrogen-bond donors (Lipinski definition) is 1. The highest BCUT2D eigenvalue weighted by atomic mass is 19.4. The van der Waals surface area contributed by atoms with Crippen LogP contribution < -0.4 is 5.73 Å². The minimum Gasteiger partial charge on any atom is -0.329 e. The van der Waals surface area contributed by atoms with E-state index >= 15 is 0 Å². The lowest BCUT2D eigenvalue weighted by atomic mass is 10.2. The van der Waals surface area contributed by atoms with Crippen LogP contribution in [0.2, 0.25) is 0 Å². The van der Waals surface area contributed by atoms with Crippen molar-refractivity contribution >= 4 is 0 Å². The van der Waals surface area contributed by atoms with Gasteiger partial charge in [0.25, 0.3) is 0 Å². The van der Waals surface area contributed by atoms with E-state index in [1.807, 2.05) is 13.8 Å². The monoisotopic (exact) mass is 240 g/mol. The fourth-order valence-electron chi connectivity index (χ4n) is 1.64. The molecule has 1 atom stereocenters. The molecular weight excluding hydrogens is 217 g/mol. The molecule has 0 aliphatic rings. The Morgan fingerprint density at radius 3 is 1.75 bits per heavy atom. The first-order chi connectivity index (χ1) is 7.47. The van der Waals surface area contributed by atoms with Gasteiger partial charge in [-0.05, 0) is 25.9 Å². The van der Waals surface area contributed by atoms with E-state index in [0.717, 1.165) is 25.7 Å². The molecule has 0 heterocycles. The number of halogens is 3. The van der Waals surface area contributed by atoms with Crippen LogP contribution in [0.5, 0.6) is 0 Å². The third-order valence-corrected chi connectivity index (χ3v) is 2.64. The van der Waals surface area contributed by atoms with E-state index in [4.69, 9.17) is 5.73 Å². The second-order valence-corrected chi connectivity index (χ2v) is 4.04. The van der Waals surface area contributed by atoms with Crippen molar-refractivity contribution < 1.29 is 13.2 Å². The van der Waals surface area contributed by atoms with E-state index in [1.54, 1.807) is 0 Å². The summed E-state index contributed by atoms with van der Waals surface area (Å²) in [5.74, 6) is 0. The number of nitrogens with two attached hydrogens (primary N) is 1. The van der Waals surface area contributed by atoms with Crippen molar-refractivity contribution in [3.8, 4) is 0 Å². The molecule has 0 saturated carbocycles. The molecule has 0 aliphatic heterocycles. The number of rotatable bonds is 8. The lowest BCUT2D eigenvalue weighted by Gasteiger charge is -2.32. The first-order valence-electron chi connectivity index (χ1n) is 5.98. The molecule has 0 spiro atoms. The van der Waals surface area contributed by atoms with Crippen molar-refractivity contribution in [2.45, 2.75) is 51.7 Å². The third kappa shape index (κ3) is 5.70. The van der Waals surface area contributed by atoms with E-state index < -0.39 is 12.2 Å². The van der Waals surface area contributed by atoms with Gasteiger partial charge in [0.15, 0.2) is 0 Å². The van der Waals surface area contributed by atoms with Crippen LogP contribution >= 0.6 is 0 Å². The highest BCUT2D eigenvalue weighted by molar-refractivity contribution is 4.79. The van der Waals surface area contributed by atoms with Crippen LogP contribution in [0, 0.1) is 0 Å². The van der Waals surface area contributed by atoms with Crippen LogP contribution in [0.3, 0.4) is 0 Å². The van der Waals surface area contributed by atoms with Crippen LogP contribution in [-0.4, -0.2) is 36.8 Å². The van der Waals surface area contributed by atoms with Gasteiger partial charge in [-0.25, -0.2) is 0 Å². The molecule has 0 aliphatic carbocycles. The number of alkyl halides is 3. The summed E-state index contributed by atoms with van der Waals surface area (Å²) in [6.07, 6.45) is -0.835. The van der Waals surface area contributed by atoms with Crippen molar-refractivity contribution in [1.82, 2.24) is 4.90 Å². The van der Waals surface area contributed by atoms with Gasteiger partial charge in [-0.1, -0.05) is 26.7 Å². The average molecular weight is 240 g/mol. The molecule has 0 aromatic carbocycles. The second kappa shape index (κ2) is 7.90. The van der Waals surface area contributed by atoms with Gasteiger partial charge in [0.2, 0.25) is 0 Å². The molecular formula is C11H23F3N2. The fraction of sp³-hybridized carbons (Fsp3) is 1.00. The normalized spacial score (nSPS) is 14.4. The number of nitrogens with zero attached hydrogens (tertiary/aromatic N) is 1. The molecule has 0 rings (SSSR count). The lowest BCUT2D eigenvalue weighted by Crippen LogP contribution is -2.50. The molecule has 2 N–H and O–H groups in total. The third-order valence-electron chi connectivity index (χ3n) is 2.64. The Balaban J connectivity index is 4.42. The van der Waals surface area contributed by atoms with Crippen LogP contribution in [0.1, 0.15) is 39.5 Å². The molecule has 5 heteroatoms. The minimum atomic E-state index is -4.21. The van der Waals surface area contributed by atoms with Gasteiger partial charge in [0, 0.05) is 6.54 Å². The zero-order valence-electron chi connectivity index (χ0n) is 10.2. The van der Waals surface area contributed by atoms with Gasteiger partial charge in [0.05, 0.1) is 0 Å². The second-order valence-electron chi connectivity index (χ2n) is 4.04. The van der Waals surface area contributed by atoms with Crippen molar-refractivity contribution in [1.29, 1.82) is 0 Å². The predicted octanol–water partition coefficient (Wildman–Crippen LogP) is 2.78. The van der Waals surface area contributed by atoms with Crippen LogP contribution in [-0.2, 0) is 0 Å². The molecule has 0 aromatic heterocycles. The zero-order chi connectivity index (χ0) is 12.6. The largest absolute Gasteiger partial charge is 0.405 e.